The van der Waals surface area contributed by atoms with E-state index in [-0.39, 0.29) is 77.3 Å². The van der Waals surface area contributed by atoms with Crippen molar-refractivity contribution < 1.29 is 67.4 Å². The summed E-state index contributed by atoms with van der Waals surface area (Å²) in [6.07, 6.45) is 0. The van der Waals surface area contributed by atoms with E-state index in [0.717, 1.165) is 0 Å². The summed E-state index contributed by atoms with van der Waals surface area (Å²) in [4.78, 5) is 0. The summed E-state index contributed by atoms with van der Waals surface area (Å²) < 4.78 is 0. The van der Waals surface area contributed by atoms with Crippen molar-refractivity contribution in [3.05, 3.63) is 0 Å². The van der Waals surface area contributed by atoms with Crippen molar-refractivity contribution in [1.82, 2.24) is 0 Å². The maximum Gasteiger partial charge on any atom is 0 e. The molecule has 0 amide bonds. The van der Waals surface area contributed by atoms with Crippen LogP contribution in [-0.2, 0) is 67.4 Å². The van der Waals surface area contributed by atoms with Gasteiger partial charge in [0.15, 0.2) is 0 Å². The molecule has 1 unspecified atom stereocenters. The zero-order valence-electron chi connectivity index (χ0n) is 2.01. The Hall–Kier alpha value is 2.47. The van der Waals surface area contributed by atoms with Gasteiger partial charge in [-0.2, -0.15) is 9.90 Å². The monoisotopic (exact) mass is 270 g/mol. The quantitative estimate of drug-likeness (QED) is 0.431. The van der Waals surface area contributed by atoms with E-state index in [1.807, 2.05) is 0 Å². The van der Waals surface area contributed by atoms with Gasteiger partial charge in [-0.05, 0) is 0 Å². The zero-order valence-corrected chi connectivity index (χ0v) is 7.50. The van der Waals surface area contributed by atoms with Crippen LogP contribution in [0.1, 0.15) is 0 Å². The third-order valence-electron chi connectivity index (χ3n) is 0. The van der Waals surface area contributed by atoms with Crippen LogP contribution in [0.3, 0.4) is 0 Å². The van der Waals surface area contributed by atoms with Gasteiger partial charge in [-0.15, -0.1) is 0 Å². The van der Waals surface area contributed by atoms with Gasteiger partial charge < -0.3 is 0 Å². The Kier molecular flexibility index (Phi) is 325. The van der Waals surface area contributed by atoms with E-state index in [0.29, 0.717) is 0 Å². The first-order chi connectivity index (χ1) is 0. The van der Waals surface area contributed by atoms with Crippen molar-refractivity contribution in [2.24, 2.45) is 0 Å². The average molecular weight is 271 g/mol. The van der Waals surface area contributed by atoms with Crippen molar-refractivity contribution >= 4 is 9.90 Å². The van der Waals surface area contributed by atoms with E-state index >= 15 is 0 Å². The van der Waals surface area contributed by atoms with E-state index in [2.05, 4.69) is 0 Å². The first kappa shape index (κ1) is 51.3. The molecule has 46 valence electrons. The number of hydrogen-bond acceptors (Lipinski definition) is 0. The smallest absolute Gasteiger partial charge is 0 e. The van der Waals surface area contributed by atoms with E-state index in [9.17, 15) is 0 Å². The van der Waals surface area contributed by atoms with Gasteiger partial charge in [0.05, 0.1) is 0 Å². The summed E-state index contributed by atoms with van der Waals surface area (Å²) in [6, 6.07) is 0. The van der Waals surface area contributed by atoms with Gasteiger partial charge >= 0.3 is 0 Å². The van der Waals surface area contributed by atoms with Crippen molar-refractivity contribution in [2.45, 2.75) is 0 Å². The summed E-state index contributed by atoms with van der Waals surface area (Å²) in [5.41, 5.74) is 0. The molecule has 0 aromatic heterocycles. The maximum atomic E-state index is 0. The van der Waals surface area contributed by atoms with E-state index in [1.165, 1.54) is 0 Å². The molecule has 0 heterocycles. The van der Waals surface area contributed by atoms with Crippen LogP contribution in [0.5, 0.6) is 0 Å². The van der Waals surface area contributed by atoms with Gasteiger partial charge in [0.2, 0.25) is 0 Å². The van der Waals surface area contributed by atoms with Gasteiger partial charge in [-0.3, -0.25) is 0 Å². The predicted octanol–water partition coefficient (Wildman–Crippen LogP) is 0.0481. The topological polar surface area (TPSA) is 0 Å². The zero-order chi connectivity index (χ0) is 0. The second-order valence-corrected chi connectivity index (χ2v) is 0. The van der Waals surface area contributed by atoms with E-state index in [1.54, 1.807) is 0 Å². The first-order valence-corrected chi connectivity index (χ1v) is 0. The van der Waals surface area contributed by atoms with Gasteiger partial charge in [0.1, 0.15) is 0 Å². The van der Waals surface area contributed by atoms with E-state index < -0.39 is 0 Å². The molecule has 0 fully saturated rings. The van der Waals surface area contributed by atoms with E-state index in [4.69, 9.17) is 0 Å². The summed E-state index contributed by atoms with van der Waals surface area (Å²) in [6.45, 7) is 0. The minimum Gasteiger partial charge on any atom is -0.153 e. The van der Waals surface area contributed by atoms with Crippen LogP contribution >= 0.6 is 9.90 Å². The predicted molar refractivity (Wildman–Crippen MR) is 11.1 cm³/mol. The SMILES string of the molecule is P.[Co].[Cu].[Fe].[Ni]. The molecule has 0 N–H and O–H groups in total. The summed E-state index contributed by atoms with van der Waals surface area (Å²) in [5.74, 6) is 0. The third kappa shape index (κ3) is 21.2. The van der Waals surface area contributed by atoms with Crippen molar-refractivity contribution in [3.8, 4) is 0 Å². The standard InChI is InChI=1S/Co.Cu.Fe.Ni.H3P/h;;;;1H3. The summed E-state index contributed by atoms with van der Waals surface area (Å²) in [5, 5.41) is 0. The number of hydrogen-bond donors (Lipinski definition) is 0. The fourth-order valence-electron chi connectivity index (χ4n) is 0. The Bertz CT molecular complexity index is 11.6. The largest absolute Gasteiger partial charge is 0.153 e. The number of rotatable bonds is 0. The molecule has 0 rings (SSSR count). The van der Waals surface area contributed by atoms with Crippen LogP contribution in [0.15, 0.2) is 0 Å². The summed E-state index contributed by atoms with van der Waals surface area (Å²) >= 11 is 0. The molecule has 1 atom stereocenters. The fraction of sp³-hybridized carbons (Fsp3) is 0. The van der Waals surface area contributed by atoms with Gasteiger partial charge in [-0.1, -0.05) is 0 Å². The molecular weight excluding hydrogens is 268 g/mol. The van der Waals surface area contributed by atoms with Gasteiger partial charge in [-0.25, -0.2) is 0 Å². The Morgan fingerprint density at radius 1 is 1.00 bits per heavy atom. The second kappa shape index (κ2) is 31.7. The molecule has 0 aliphatic heterocycles. The average Bonchev–Trinajstić information content (AvgIpc) is 0. The van der Waals surface area contributed by atoms with Crippen LogP contribution in [0.4, 0.5) is 0 Å². The molecule has 5 heavy (non-hydrogen) atoms. The van der Waals surface area contributed by atoms with Gasteiger partial charge in [0.25, 0.3) is 0 Å². The van der Waals surface area contributed by atoms with Crippen molar-refractivity contribution in [2.75, 3.05) is 0 Å². The fourth-order valence-corrected chi connectivity index (χ4v) is 0. The normalized spacial score (nSPS) is 0. The Balaban J connectivity index is 0. The Morgan fingerprint density at radius 3 is 1.00 bits per heavy atom. The molecule has 0 aliphatic carbocycles. The van der Waals surface area contributed by atoms with Crippen molar-refractivity contribution in [3.63, 3.8) is 0 Å². The van der Waals surface area contributed by atoms with Crippen LogP contribution in [0.25, 0.3) is 0 Å². The molecule has 0 aromatic carbocycles. The molecular formula is H3CoCuFeNiP. The van der Waals surface area contributed by atoms with Crippen LogP contribution in [0.2, 0.25) is 0 Å². The molecule has 2 radical (unpaired) electrons. The maximum absolute atomic E-state index is 0. The molecule has 0 bridgehead atoms. The van der Waals surface area contributed by atoms with Gasteiger partial charge in [0, 0.05) is 67.4 Å². The molecule has 0 saturated heterocycles. The third-order valence-corrected chi connectivity index (χ3v) is 0. The van der Waals surface area contributed by atoms with Crippen molar-refractivity contribution in [1.29, 1.82) is 0 Å². The molecule has 0 aromatic rings. The van der Waals surface area contributed by atoms with Crippen LogP contribution < -0.4 is 0 Å². The van der Waals surface area contributed by atoms with Crippen LogP contribution in [-0.4, -0.2) is 0 Å². The minimum atomic E-state index is 0. The Morgan fingerprint density at radius 2 is 1.00 bits per heavy atom. The minimum absolute atomic E-state index is 0. The summed E-state index contributed by atoms with van der Waals surface area (Å²) in [7, 11) is 0. The van der Waals surface area contributed by atoms with Crippen LogP contribution in [0, 0.1) is 0 Å². The molecule has 0 aliphatic rings. The molecule has 0 nitrogen and oxygen atoms in total. The second-order valence-electron chi connectivity index (χ2n) is 0. The first-order valence-electron chi connectivity index (χ1n) is 0. The Labute approximate surface area is 76.7 Å². The molecule has 0 saturated carbocycles. The molecule has 5 heteroatoms. The molecule has 0 spiro atoms.